The van der Waals surface area contributed by atoms with Crippen LogP contribution in [0, 0.1) is 11.7 Å². The van der Waals surface area contributed by atoms with Crippen LogP contribution in [0.4, 0.5) is 4.39 Å². The van der Waals surface area contributed by atoms with Crippen molar-refractivity contribution in [3.8, 4) is 0 Å². The van der Waals surface area contributed by atoms with Crippen LogP contribution in [-0.2, 0) is 0 Å². The average molecular weight is 264 g/mol. The Kier molecular flexibility index (Phi) is 4.20. The largest absolute Gasteiger partial charge is 0.333 e. The summed E-state index contributed by atoms with van der Waals surface area (Å²) in [5.74, 6) is 0.153. The molecule has 1 saturated heterocycles. The summed E-state index contributed by atoms with van der Waals surface area (Å²) in [4.78, 5) is 14.3. The molecule has 1 N–H and O–H groups in total. The highest BCUT2D eigenvalue weighted by Crippen LogP contribution is 2.16. The second-order valence-electron chi connectivity index (χ2n) is 5.57. The third-order valence-corrected chi connectivity index (χ3v) is 3.76. The molecule has 1 aromatic rings. The van der Waals surface area contributed by atoms with Gasteiger partial charge in [-0.2, -0.15) is 0 Å². The maximum atomic E-state index is 12.9. The number of halogens is 1. The fraction of sp³-hybridized carbons (Fsp3) is 0.533. The Balaban J connectivity index is 2.14. The molecule has 0 spiro atoms. The molecule has 0 aromatic heterocycles. The van der Waals surface area contributed by atoms with Crippen LogP contribution in [0.2, 0.25) is 0 Å². The molecule has 0 aliphatic carbocycles. The van der Waals surface area contributed by atoms with Crippen LogP contribution < -0.4 is 5.32 Å². The Bertz CT molecular complexity index is 444. The quantitative estimate of drug-likeness (QED) is 0.889. The smallest absolute Gasteiger partial charge is 0.254 e. The Morgan fingerprint density at radius 2 is 2.00 bits per heavy atom. The lowest BCUT2D eigenvalue weighted by Gasteiger charge is -2.40. The highest BCUT2D eigenvalue weighted by Gasteiger charge is 2.30. The lowest BCUT2D eigenvalue weighted by Crippen LogP contribution is -2.58. The van der Waals surface area contributed by atoms with Gasteiger partial charge in [0.1, 0.15) is 5.82 Å². The summed E-state index contributed by atoms with van der Waals surface area (Å²) in [5, 5.41) is 3.46. The molecule has 1 aliphatic rings. The summed E-state index contributed by atoms with van der Waals surface area (Å²) in [5.41, 5.74) is 0.553. The van der Waals surface area contributed by atoms with Gasteiger partial charge in [0.15, 0.2) is 0 Å². The van der Waals surface area contributed by atoms with Crippen molar-refractivity contribution in [3.63, 3.8) is 0 Å². The van der Waals surface area contributed by atoms with Gasteiger partial charge in [0, 0.05) is 30.7 Å². The van der Waals surface area contributed by atoms with E-state index in [1.165, 1.54) is 12.1 Å². The van der Waals surface area contributed by atoms with Crippen LogP contribution in [0.5, 0.6) is 0 Å². The molecule has 4 heteroatoms. The van der Waals surface area contributed by atoms with Gasteiger partial charge in [0.25, 0.3) is 5.91 Å². The zero-order chi connectivity index (χ0) is 14.0. The van der Waals surface area contributed by atoms with Gasteiger partial charge in [-0.25, -0.2) is 4.39 Å². The van der Waals surface area contributed by atoms with E-state index in [0.29, 0.717) is 24.1 Å². The van der Waals surface area contributed by atoms with Crippen LogP contribution in [0.15, 0.2) is 24.3 Å². The molecular formula is C15H21FN2O. The number of carbonyl (C=O) groups excluding carboxylic acids is 1. The standard InChI is InChI=1S/C15H21FN2O/c1-10(2)14-9-18(11(3)8-17-14)15(19)12-4-6-13(16)7-5-12/h4-7,10-11,14,17H,8-9H2,1-3H3. The molecule has 3 nitrogen and oxygen atoms in total. The van der Waals surface area contributed by atoms with Gasteiger partial charge in [-0.3, -0.25) is 4.79 Å². The molecule has 2 unspecified atom stereocenters. The molecule has 2 atom stereocenters. The van der Waals surface area contributed by atoms with Crippen molar-refractivity contribution in [1.29, 1.82) is 0 Å². The molecule has 104 valence electrons. The summed E-state index contributed by atoms with van der Waals surface area (Å²) in [7, 11) is 0. The Morgan fingerprint density at radius 1 is 1.37 bits per heavy atom. The molecule has 0 saturated carbocycles. The number of benzene rings is 1. The first kappa shape index (κ1) is 14.0. The minimum Gasteiger partial charge on any atom is -0.333 e. The number of carbonyl (C=O) groups is 1. The van der Waals surface area contributed by atoms with E-state index in [1.807, 2.05) is 11.8 Å². The second-order valence-corrected chi connectivity index (χ2v) is 5.57. The number of nitrogens with zero attached hydrogens (tertiary/aromatic N) is 1. The van der Waals surface area contributed by atoms with E-state index in [-0.39, 0.29) is 17.8 Å². The first-order chi connectivity index (χ1) is 8.99. The summed E-state index contributed by atoms with van der Waals surface area (Å²) >= 11 is 0. The number of piperazine rings is 1. The summed E-state index contributed by atoms with van der Waals surface area (Å²) < 4.78 is 12.9. The van der Waals surface area contributed by atoms with Gasteiger partial charge >= 0.3 is 0 Å². The van der Waals surface area contributed by atoms with Gasteiger partial charge in [0.2, 0.25) is 0 Å². The predicted octanol–water partition coefficient (Wildman–Crippen LogP) is 2.28. The highest BCUT2D eigenvalue weighted by atomic mass is 19.1. The molecule has 1 aromatic carbocycles. The molecule has 1 amide bonds. The number of rotatable bonds is 2. The zero-order valence-corrected chi connectivity index (χ0v) is 11.7. The van der Waals surface area contributed by atoms with E-state index in [4.69, 9.17) is 0 Å². The third kappa shape index (κ3) is 3.13. The minimum absolute atomic E-state index is 0.0142. The van der Waals surface area contributed by atoms with E-state index < -0.39 is 0 Å². The van der Waals surface area contributed by atoms with Crippen LogP contribution in [0.1, 0.15) is 31.1 Å². The highest BCUT2D eigenvalue weighted by molar-refractivity contribution is 5.94. The maximum absolute atomic E-state index is 12.9. The van der Waals surface area contributed by atoms with Crippen LogP contribution in [0.25, 0.3) is 0 Å². The fourth-order valence-electron chi connectivity index (χ4n) is 2.38. The summed E-state index contributed by atoms with van der Waals surface area (Å²) in [6.07, 6.45) is 0. The van der Waals surface area contributed by atoms with Crippen molar-refractivity contribution in [1.82, 2.24) is 10.2 Å². The summed E-state index contributed by atoms with van der Waals surface area (Å²) in [6, 6.07) is 6.25. The first-order valence-electron chi connectivity index (χ1n) is 6.79. The Morgan fingerprint density at radius 3 is 2.58 bits per heavy atom. The second kappa shape index (κ2) is 5.70. The van der Waals surface area contributed by atoms with E-state index in [0.717, 1.165) is 6.54 Å². The zero-order valence-electron chi connectivity index (χ0n) is 11.7. The maximum Gasteiger partial charge on any atom is 0.254 e. The van der Waals surface area contributed by atoms with Gasteiger partial charge in [-0.05, 0) is 37.1 Å². The SMILES string of the molecule is CC(C)C1CN(C(=O)c2ccc(F)cc2)C(C)CN1. The van der Waals surface area contributed by atoms with Crippen molar-refractivity contribution >= 4 is 5.91 Å². The minimum atomic E-state index is -0.315. The van der Waals surface area contributed by atoms with Gasteiger partial charge in [-0.1, -0.05) is 13.8 Å². The molecule has 0 bridgehead atoms. The molecule has 19 heavy (non-hydrogen) atoms. The van der Waals surface area contributed by atoms with Crippen LogP contribution in [0.3, 0.4) is 0 Å². The van der Waals surface area contributed by atoms with Gasteiger partial charge in [-0.15, -0.1) is 0 Å². The van der Waals surface area contributed by atoms with E-state index >= 15 is 0 Å². The van der Waals surface area contributed by atoms with Crippen molar-refractivity contribution in [2.24, 2.45) is 5.92 Å². The lowest BCUT2D eigenvalue weighted by molar-refractivity contribution is 0.0579. The molecule has 1 aliphatic heterocycles. The topological polar surface area (TPSA) is 32.3 Å². The van der Waals surface area contributed by atoms with Crippen molar-refractivity contribution in [2.45, 2.75) is 32.9 Å². The number of amides is 1. The molecular weight excluding hydrogens is 243 g/mol. The lowest BCUT2D eigenvalue weighted by atomic mass is 9.99. The molecule has 2 rings (SSSR count). The normalized spacial score (nSPS) is 23.7. The van der Waals surface area contributed by atoms with Crippen LogP contribution in [-0.4, -0.2) is 36.0 Å². The van der Waals surface area contributed by atoms with Gasteiger partial charge in [0.05, 0.1) is 0 Å². The first-order valence-corrected chi connectivity index (χ1v) is 6.79. The van der Waals surface area contributed by atoms with Crippen molar-refractivity contribution < 1.29 is 9.18 Å². The Labute approximate surface area is 113 Å². The molecule has 1 fully saturated rings. The monoisotopic (exact) mass is 264 g/mol. The van der Waals surface area contributed by atoms with E-state index in [2.05, 4.69) is 19.2 Å². The van der Waals surface area contributed by atoms with Gasteiger partial charge < -0.3 is 10.2 Å². The van der Waals surface area contributed by atoms with E-state index in [1.54, 1.807) is 12.1 Å². The molecule has 1 heterocycles. The number of hydrogen-bond acceptors (Lipinski definition) is 2. The summed E-state index contributed by atoms with van der Waals surface area (Å²) in [6.45, 7) is 7.83. The average Bonchev–Trinajstić information content (AvgIpc) is 2.39. The Hall–Kier alpha value is -1.42. The fourth-order valence-corrected chi connectivity index (χ4v) is 2.38. The van der Waals surface area contributed by atoms with Crippen molar-refractivity contribution in [2.75, 3.05) is 13.1 Å². The number of nitrogens with one attached hydrogen (secondary N) is 1. The predicted molar refractivity (Wildman–Crippen MR) is 73.5 cm³/mol. The van der Waals surface area contributed by atoms with Crippen molar-refractivity contribution in [3.05, 3.63) is 35.6 Å². The van der Waals surface area contributed by atoms with Crippen LogP contribution >= 0.6 is 0 Å². The third-order valence-electron chi connectivity index (χ3n) is 3.76. The number of hydrogen-bond donors (Lipinski definition) is 1. The molecule has 0 radical (unpaired) electrons. The van der Waals surface area contributed by atoms with E-state index in [9.17, 15) is 9.18 Å².